The number of carbonyl (C=O) groups is 2. The van der Waals surface area contributed by atoms with E-state index in [1.165, 1.54) is 0 Å². The Hall–Kier alpha value is -3.35. The second-order valence-corrected chi connectivity index (χ2v) is 8.74. The number of nitrogens with two attached hydrogens (primary N) is 1. The Labute approximate surface area is 175 Å². The van der Waals surface area contributed by atoms with Crippen molar-refractivity contribution in [2.45, 2.75) is 40.2 Å². The highest BCUT2D eigenvalue weighted by Crippen LogP contribution is 2.38. The van der Waals surface area contributed by atoms with Crippen LogP contribution in [0.2, 0.25) is 0 Å². The van der Waals surface area contributed by atoms with Crippen LogP contribution >= 0.6 is 0 Å². The first-order chi connectivity index (χ1) is 14.2. The zero-order chi connectivity index (χ0) is 21.5. The van der Waals surface area contributed by atoms with Gasteiger partial charge < -0.3 is 20.2 Å². The Morgan fingerprint density at radius 2 is 2.07 bits per heavy atom. The van der Waals surface area contributed by atoms with Gasteiger partial charge in [0.1, 0.15) is 0 Å². The highest BCUT2D eigenvalue weighted by Gasteiger charge is 2.34. The number of carbonyl (C=O) groups excluding carboxylic acids is 2. The Morgan fingerprint density at radius 3 is 2.77 bits per heavy atom. The van der Waals surface area contributed by atoms with Crippen molar-refractivity contribution in [3.8, 4) is 5.69 Å². The molecule has 156 valence electrons. The van der Waals surface area contributed by atoms with E-state index in [9.17, 15) is 9.59 Å². The second kappa shape index (κ2) is 7.48. The minimum Gasteiger partial charge on any atom is -0.383 e. The Kier molecular flexibility index (Phi) is 4.97. The molecule has 0 unspecified atom stereocenters. The molecule has 7 nitrogen and oxygen atoms in total. The number of fused-ring (bicyclic) bond motifs is 1. The first-order valence-electron chi connectivity index (χ1n) is 10.1. The van der Waals surface area contributed by atoms with Crippen molar-refractivity contribution < 1.29 is 9.59 Å². The van der Waals surface area contributed by atoms with Crippen molar-refractivity contribution in [3.05, 3.63) is 65.5 Å². The van der Waals surface area contributed by atoms with Gasteiger partial charge in [-0.05, 0) is 43.0 Å². The summed E-state index contributed by atoms with van der Waals surface area (Å²) in [4.78, 5) is 28.7. The monoisotopic (exact) mass is 405 g/mol. The first kappa shape index (κ1) is 19.9. The van der Waals surface area contributed by atoms with Gasteiger partial charge in [0.25, 0.3) is 5.91 Å². The summed E-state index contributed by atoms with van der Waals surface area (Å²) in [5.74, 6) is -0.287. The molecule has 30 heavy (non-hydrogen) atoms. The van der Waals surface area contributed by atoms with Gasteiger partial charge in [0.05, 0.1) is 11.9 Å². The number of hydrogen-bond donors (Lipinski definition) is 2. The number of benzene rings is 1. The van der Waals surface area contributed by atoms with Crippen molar-refractivity contribution in [3.63, 3.8) is 0 Å². The molecule has 7 heteroatoms. The predicted octanol–water partition coefficient (Wildman–Crippen LogP) is 3.35. The lowest BCUT2D eigenvalue weighted by Crippen LogP contribution is -2.27. The van der Waals surface area contributed by atoms with Crippen molar-refractivity contribution in [1.29, 1.82) is 0 Å². The molecule has 1 aliphatic carbocycles. The molecule has 0 bridgehead atoms. The number of amides is 1. The third-order valence-corrected chi connectivity index (χ3v) is 5.64. The van der Waals surface area contributed by atoms with E-state index in [-0.39, 0.29) is 11.2 Å². The van der Waals surface area contributed by atoms with Crippen LogP contribution in [0.3, 0.4) is 0 Å². The fourth-order valence-corrected chi connectivity index (χ4v) is 4.28. The van der Waals surface area contributed by atoms with E-state index in [1.807, 2.05) is 35.9 Å². The molecule has 2 aromatic heterocycles. The van der Waals surface area contributed by atoms with E-state index in [4.69, 9.17) is 5.73 Å². The number of aryl methyl sites for hydroxylation is 1. The molecule has 0 radical (unpaired) electrons. The molecular formula is C23H27N5O2. The molecular weight excluding hydrogens is 378 g/mol. The van der Waals surface area contributed by atoms with Crippen LogP contribution in [-0.2, 0) is 13.0 Å². The van der Waals surface area contributed by atoms with Crippen LogP contribution in [0.4, 0.5) is 5.69 Å². The summed E-state index contributed by atoms with van der Waals surface area (Å²) in [6.45, 7) is 7.59. The van der Waals surface area contributed by atoms with E-state index in [2.05, 4.69) is 28.7 Å². The van der Waals surface area contributed by atoms with Gasteiger partial charge in [-0.15, -0.1) is 0 Å². The van der Waals surface area contributed by atoms with Gasteiger partial charge in [-0.2, -0.15) is 0 Å². The summed E-state index contributed by atoms with van der Waals surface area (Å²) in [7, 11) is 0. The Bertz CT molecular complexity index is 1110. The van der Waals surface area contributed by atoms with Gasteiger partial charge >= 0.3 is 0 Å². The molecule has 3 aromatic rings. The maximum atomic E-state index is 12.7. The number of rotatable bonds is 6. The molecule has 0 atom stereocenters. The highest BCUT2D eigenvalue weighted by atomic mass is 16.1. The smallest absolute Gasteiger partial charge is 0.250 e. The predicted molar refractivity (Wildman–Crippen MR) is 116 cm³/mol. The maximum Gasteiger partial charge on any atom is 0.250 e. The van der Waals surface area contributed by atoms with Crippen molar-refractivity contribution in [2.75, 3.05) is 11.9 Å². The van der Waals surface area contributed by atoms with Crippen LogP contribution in [0.5, 0.6) is 0 Å². The molecule has 0 fully saturated rings. The van der Waals surface area contributed by atoms with E-state index in [0.717, 1.165) is 29.1 Å². The first-order valence-corrected chi connectivity index (χ1v) is 10.1. The highest BCUT2D eigenvalue weighted by molar-refractivity contribution is 6.00. The molecule has 4 rings (SSSR count). The fraction of sp³-hybridized carbons (Fsp3) is 0.348. The maximum absolute atomic E-state index is 12.7. The van der Waals surface area contributed by atoms with Gasteiger partial charge in [-0.3, -0.25) is 9.59 Å². The summed E-state index contributed by atoms with van der Waals surface area (Å²) in [6, 6.07) is 7.55. The van der Waals surface area contributed by atoms with Gasteiger partial charge in [-0.1, -0.05) is 13.8 Å². The van der Waals surface area contributed by atoms with Crippen LogP contribution in [0.25, 0.3) is 5.69 Å². The lowest BCUT2D eigenvalue weighted by atomic mass is 9.76. The molecule has 1 amide bonds. The normalized spacial score (nSPS) is 15.1. The molecule has 1 aromatic carbocycles. The van der Waals surface area contributed by atoms with E-state index in [1.54, 1.807) is 18.6 Å². The summed E-state index contributed by atoms with van der Waals surface area (Å²) < 4.78 is 4.08. The van der Waals surface area contributed by atoms with Crippen molar-refractivity contribution >= 4 is 17.4 Å². The zero-order valence-corrected chi connectivity index (χ0v) is 17.6. The molecule has 3 N–H and O–H groups in total. The minimum absolute atomic E-state index is 0.0777. The molecule has 0 aliphatic heterocycles. The average molecular weight is 406 g/mol. The number of aromatic nitrogens is 3. The Balaban J connectivity index is 1.70. The second-order valence-electron chi connectivity index (χ2n) is 8.74. The number of nitrogens with one attached hydrogen (secondary N) is 1. The zero-order valence-electron chi connectivity index (χ0n) is 17.6. The Morgan fingerprint density at radius 1 is 1.27 bits per heavy atom. The van der Waals surface area contributed by atoms with Gasteiger partial charge in [-0.25, -0.2) is 4.98 Å². The van der Waals surface area contributed by atoms with Crippen LogP contribution in [0.15, 0.2) is 43.0 Å². The van der Waals surface area contributed by atoms with Crippen LogP contribution in [-0.4, -0.2) is 32.4 Å². The van der Waals surface area contributed by atoms with Crippen molar-refractivity contribution in [2.24, 2.45) is 11.1 Å². The largest absolute Gasteiger partial charge is 0.383 e. The summed E-state index contributed by atoms with van der Waals surface area (Å²) in [5, 5.41) is 3.33. The topological polar surface area (TPSA) is 94.9 Å². The van der Waals surface area contributed by atoms with Gasteiger partial charge in [0, 0.05) is 60.2 Å². The summed E-state index contributed by atoms with van der Waals surface area (Å²) >= 11 is 0. The van der Waals surface area contributed by atoms with Gasteiger partial charge in [0.2, 0.25) is 0 Å². The minimum atomic E-state index is -0.478. The quantitative estimate of drug-likeness (QED) is 0.657. The van der Waals surface area contributed by atoms with E-state index in [0.29, 0.717) is 30.8 Å². The lowest BCUT2D eigenvalue weighted by molar-refractivity contribution is 0.0910. The number of nitrogens with zero attached hydrogens (tertiary/aromatic N) is 3. The SMILES string of the molecule is Cc1cc2c(n1-c1ccc(C(N)=O)c(NCCn3ccnc3)c1)CC(C)(C)CC2=O. The lowest BCUT2D eigenvalue weighted by Gasteiger charge is -2.30. The molecule has 0 saturated carbocycles. The molecule has 1 aliphatic rings. The average Bonchev–Trinajstić information content (AvgIpc) is 3.28. The number of hydrogen-bond acceptors (Lipinski definition) is 4. The summed E-state index contributed by atoms with van der Waals surface area (Å²) in [6.07, 6.45) is 6.76. The number of anilines is 1. The third kappa shape index (κ3) is 3.75. The van der Waals surface area contributed by atoms with Crippen molar-refractivity contribution in [1.82, 2.24) is 14.1 Å². The van der Waals surface area contributed by atoms with Gasteiger partial charge in [0.15, 0.2) is 5.78 Å². The van der Waals surface area contributed by atoms with E-state index >= 15 is 0 Å². The summed E-state index contributed by atoms with van der Waals surface area (Å²) in [5.41, 5.74) is 10.4. The molecule has 0 spiro atoms. The molecule has 2 heterocycles. The van der Waals surface area contributed by atoms with Crippen LogP contribution in [0, 0.1) is 12.3 Å². The number of imidazole rings is 1. The standard InChI is InChI=1S/C23H27N5O2/c1-15-10-18-20(12-23(2,3)13-21(18)29)28(15)16-4-5-17(22(24)30)19(11-16)26-7-9-27-8-6-25-14-27/h4-6,8,10-11,14,26H,7,9,12-13H2,1-3H3,(H2,24,30). The van der Waals surface area contributed by atoms with E-state index < -0.39 is 5.91 Å². The third-order valence-electron chi connectivity index (χ3n) is 5.64. The number of Topliss-reactive ketones (excluding diaryl/α,β-unsaturated/α-hetero) is 1. The van der Waals surface area contributed by atoms with Crippen LogP contribution in [0.1, 0.15) is 52.4 Å². The van der Waals surface area contributed by atoms with Crippen LogP contribution < -0.4 is 11.1 Å². The fourth-order valence-electron chi connectivity index (χ4n) is 4.28. The molecule has 0 saturated heterocycles. The number of primary amides is 1. The number of ketones is 1.